The summed E-state index contributed by atoms with van der Waals surface area (Å²) in [6.07, 6.45) is 0. The summed E-state index contributed by atoms with van der Waals surface area (Å²) in [5, 5.41) is 8.29. The first-order valence-corrected chi connectivity index (χ1v) is 3.89. The predicted octanol–water partition coefficient (Wildman–Crippen LogP) is 1.38. The molecule has 0 atom stereocenters. The Bertz CT molecular complexity index is 470. The van der Waals surface area contributed by atoms with Crippen molar-refractivity contribution in [3.05, 3.63) is 29.1 Å². The number of ether oxygens (including phenoxy) is 1. The maximum Gasteiger partial charge on any atom is 0.377 e. The van der Waals surface area contributed by atoms with Gasteiger partial charge >= 0.3 is 5.97 Å². The monoisotopic (exact) mass is 234 g/mol. The fraction of sp³-hybridized carbons (Fsp3) is 0.111. The second-order valence-corrected chi connectivity index (χ2v) is 2.70. The zero-order chi connectivity index (χ0) is 12.5. The maximum absolute atomic E-state index is 13.3. The Balaban J connectivity index is 3.53. The number of carbonyl (C=O) groups excluding carboxylic acids is 1. The third-order valence-electron chi connectivity index (χ3n) is 1.76. The first-order valence-electron chi connectivity index (χ1n) is 3.89. The van der Waals surface area contributed by atoms with Crippen molar-refractivity contribution in [2.45, 2.75) is 0 Å². The van der Waals surface area contributed by atoms with Gasteiger partial charge in [-0.1, -0.05) is 0 Å². The van der Waals surface area contributed by atoms with Gasteiger partial charge in [-0.3, -0.25) is 4.79 Å². The molecule has 1 aromatic rings. The van der Waals surface area contributed by atoms with Crippen LogP contribution >= 0.6 is 0 Å². The molecule has 16 heavy (non-hydrogen) atoms. The van der Waals surface area contributed by atoms with Crippen LogP contribution in [0.25, 0.3) is 0 Å². The average Bonchev–Trinajstić information content (AvgIpc) is 2.23. The van der Waals surface area contributed by atoms with Gasteiger partial charge in [0.15, 0.2) is 23.2 Å². The van der Waals surface area contributed by atoms with Crippen LogP contribution < -0.4 is 4.74 Å². The van der Waals surface area contributed by atoms with Gasteiger partial charge < -0.3 is 9.84 Å². The molecule has 0 heterocycles. The SMILES string of the molecule is COc1cc(F)c(F)c(C(=O)C(=O)O)c1F. The summed E-state index contributed by atoms with van der Waals surface area (Å²) >= 11 is 0. The molecule has 1 aromatic carbocycles. The molecule has 0 saturated carbocycles. The van der Waals surface area contributed by atoms with E-state index >= 15 is 0 Å². The van der Waals surface area contributed by atoms with Crippen LogP contribution in [0.2, 0.25) is 0 Å². The quantitative estimate of drug-likeness (QED) is 0.487. The van der Waals surface area contributed by atoms with Gasteiger partial charge in [-0.25, -0.2) is 18.0 Å². The third kappa shape index (κ3) is 1.83. The van der Waals surface area contributed by atoms with E-state index in [2.05, 4.69) is 4.74 Å². The molecule has 0 bridgehead atoms. The largest absolute Gasteiger partial charge is 0.494 e. The molecule has 0 unspecified atom stereocenters. The molecular formula is C9H5F3O4. The second kappa shape index (κ2) is 4.21. The number of carbonyl (C=O) groups is 2. The number of carboxylic acid groups (broad SMARTS) is 1. The van der Waals surface area contributed by atoms with Gasteiger partial charge in [0.2, 0.25) is 0 Å². The number of carboxylic acids is 1. The van der Waals surface area contributed by atoms with Crippen molar-refractivity contribution >= 4 is 11.8 Å². The Kier molecular flexibility index (Phi) is 3.17. The Labute approximate surface area is 87.3 Å². The fourth-order valence-electron chi connectivity index (χ4n) is 1.04. The number of rotatable bonds is 3. The summed E-state index contributed by atoms with van der Waals surface area (Å²) in [6.45, 7) is 0. The van der Waals surface area contributed by atoms with Crippen LogP contribution in [0.3, 0.4) is 0 Å². The van der Waals surface area contributed by atoms with Gasteiger partial charge in [0, 0.05) is 6.07 Å². The van der Waals surface area contributed by atoms with E-state index < -0.39 is 40.5 Å². The number of aliphatic carboxylic acids is 1. The average molecular weight is 234 g/mol. The van der Waals surface area contributed by atoms with E-state index in [1.54, 1.807) is 0 Å². The Morgan fingerprint density at radius 1 is 1.25 bits per heavy atom. The second-order valence-electron chi connectivity index (χ2n) is 2.70. The Morgan fingerprint density at radius 2 is 1.81 bits per heavy atom. The molecule has 1 rings (SSSR count). The minimum Gasteiger partial charge on any atom is -0.494 e. The summed E-state index contributed by atoms with van der Waals surface area (Å²) in [4.78, 5) is 21.2. The summed E-state index contributed by atoms with van der Waals surface area (Å²) in [7, 11) is 0.963. The van der Waals surface area contributed by atoms with Crippen LogP contribution in [-0.4, -0.2) is 24.0 Å². The minimum absolute atomic E-state index is 0.378. The van der Waals surface area contributed by atoms with E-state index in [1.807, 2.05) is 0 Å². The van der Waals surface area contributed by atoms with E-state index in [9.17, 15) is 22.8 Å². The van der Waals surface area contributed by atoms with Crippen LogP contribution in [0.1, 0.15) is 10.4 Å². The van der Waals surface area contributed by atoms with E-state index in [4.69, 9.17) is 5.11 Å². The molecule has 0 aliphatic carbocycles. The Morgan fingerprint density at radius 3 is 2.25 bits per heavy atom. The van der Waals surface area contributed by atoms with Gasteiger partial charge in [0.05, 0.1) is 7.11 Å². The first-order chi connectivity index (χ1) is 7.40. The van der Waals surface area contributed by atoms with E-state index in [1.165, 1.54) is 0 Å². The smallest absolute Gasteiger partial charge is 0.377 e. The lowest BCUT2D eigenvalue weighted by molar-refractivity contribution is -0.131. The number of hydrogen-bond donors (Lipinski definition) is 1. The predicted molar refractivity (Wildman–Crippen MR) is 44.8 cm³/mol. The molecule has 0 saturated heterocycles. The van der Waals surface area contributed by atoms with Crippen molar-refractivity contribution in [3.63, 3.8) is 0 Å². The maximum atomic E-state index is 13.3. The number of halogens is 3. The highest BCUT2D eigenvalue weighted by molar-refractivity contribution is 6.40. The molecular weight excluding hydrogens is 229 g/mol. The van der Waals surface area contributed by atoms with Crippen LogP contribution in [0.5, 0.6) is 5.75 Å². The van der Waals surface area contributed by atoms with Crippen LogP contribution in [-0.2, 0) is 4.79 Å². The standard InChI is InChI=1S/C9H5F3O4/c1-16-4-2-3(10)6(11)5(7(4)12)8(13)9(14)15/h2H,1H3,(H,14,15). The van der Waals surface area contributed by atoms with Gasteiger partial charge in [-0.05, 0) is 0 Å². The topological polar surface area (TPSA) is 63.6 Å². The number of benzene rings is 1. The van der Waals surface area contributed by atoms with Crippen LogP contribution in [0.4, 0.5) is 13.2 Å². The van der Waals surface area contributed by atoms with Gasteiger partial charge in [-0.15, -0.1) is 0 Å². The van der Waals surface area contributed by atoms with Crippen molar-refractivity contribution < 1.29 is 32.6 Å². The summed E-state index contributed by atoms with van der Waals surface area (Å²) in [5.41, 5.74) is -1.48. The number of ketones is 1. The van der Waals surface area contributed by atoms with E-state index in [0.29, 0.717) is 6.07 Å². The normalized spacial score (nSPS) is 10.0. The van der Waals surface area contributed by atoms with Crippen LogP contribution in [0.15, 0.2) is 6.07 Å². The highest BCUT2D eigenvalue weighted by Gasteiger charge is 2.28. The van der Waals surface area contributed by atoms with Gasteiger partial charge in [0.25, 0.3) is 5.78 Å². The molecule has 0 amide bonds. The van der Waals surface area contributed by atoms with E-state index in [0.717, 1.165) is 7.11 Å². The molecule has 0 aliphatic rings. The summed E-state index contributed by atoms with van der Waals surface area (Å²) < 4.78 is 43.5. The van der Waals surface area contributed by atoms with Crippen molar-refractivity contribution in [2.24, 2.45) is 0 Å². The molecule has 7 heteroatoms. The van der Waals surface area contributed by atoms with Crippen molar-refractivity contribution in [1.82, 2.24) is 0 Å². The Hall–Kier alpha value is -2.05. The summed E-state index contributed by atoms with van der Waals surface area (Å²) in [6, 6.07) is 0.378. The lowest BCUT2D eigenvalue weighted by atomic mass is 10.1. The molecule has 0 radical (unpaired) electrons. The number of methoxy groups -OCH3 is 1. The molecule has 0 fully saturated rings. The fourth-order valence-corrected chi connectivity index (χ4v) is 1.04. The zero-order valence-electron chi connectivity index (χ0n) is 7.88. The van der Waals surface area contributed by atoms with Crippen molar-refractivity contribution in [2.75, 3.05) is 7.11 Å². The third-order valence-corrected chi connectivity index (χ3v) is 1.76. The van der Waals surface area contributed by atoms with Crippen molar-refractivity contribution in [1.29, 1.82) is 0 Å². The molecule has 4 nitrogen and oxygen atoms in total. The lowest BCUT2D eigenvalue weighted by Crippen LogP contribution is -2.18. The highest BCUT2D eigenvalue weighted by Crippen LogP contribution is 2.26. The minimum atomic E-state index is -2.09. The zero-order valence-corrected chi connectivity index (χ0v) is 7.88. The molecule has 0 spiro atoms. The van der Waals surface area contributed by atoms with Crippen molar-refractivity contribution in [3.8, 4) is 5.75 Å². The number of hydrogen-bond acceptors (Lipinski definition) is 3. The lowest BCUT2D eigenvalue weighted by Gasteiger charge is -2.06. The van der Waals surface area contributed by atoms with E-state index in [-0.39, 0.29) is 0 Å². The summed E-state index contributed by atoms with van der Waals surface area (Å²) in [5.74, 6) is -9.69. The van der Waals surface area contributed by atoms with Gasteiger partial charge in [0.1, 0.15) is 5.56 Å². The van der Waals surface area contributed by atoms with Gasteiger partial charge in [-0.2, -0.15) is 0 Å². The van der Waals surface area contributed by atoms with Crippen LogP contribution in [0, 0.1) is 17.5 Å². The highest BCUT2D eigenvalue weighted by atomic mass is 19.2. The number of Topliss-reactive ketones (excluding diaryl/α,β-unsaturated/α-hetero) is 1. The molecule has 1 N–H and O–H groups in total. The molecule has 0 aliphatic heterocycles. The first kappa shape index (κ1) is 12.0. The molecule has 0 aromatic heterocycles. The molecule has 86 valence electrons.